The molecule has 0 aromatic heterocycles. The van der Waals surface area contributed by atoms with Gasteiger partial charge < -0.3 is 24.9 Å². The Hall–Kier alpha value is 0.0169. The minimum Gasteiger partial charge on any atom is -0.410 e. The molecule has 0 aliphatic rings. The van der Waals surface area contributed by atoms with E-state index in [1.54, 1.807) is 0 Å². The van der Waals surface area contributed by atoms with Crippen molar-refractivity contribution in [2.75, 3.05) is 13.2 Å². The van der Waals surface area contributed by atoms with Crippen LogP contribution in [0.3, 0.4) is 0 Å². The van der Waals surface area contributed by atoms with E-state index in [0.717, 1.165) is 0 Å². The Morgan fingerprint density at radius 1 is 1.07 bits per heavy atom. The summed E-state index contributed by atoms with van der Waals surface area (Å²) in [5.41, 5.74) is 0. The Morgan fingerprint density at radius 3 is 1.86 bits per heavy atom. The van der Waals surface area contributed by atoms with Gasteiger partial charge in [-0.15, -0.1) is 0 Å². The normalized spacial score (nSPS) is 19.1. The fraction of sp³-hybridized carbons (Fsp3) is 1.00. The zero-order valence-corrected chi connectivity index (χ0v) is 9.84. The van der Waals surface area contributed by atoms with Crippen molar-refractivity contribution >= 4 is 8.32 Å². The Kier molecular flexibility index (Phi) is 5.80. The molecule has 86 valence electrons. The molecule has 5 nitrogen and oxygen atoms in total. The van der Waals surface area contributed by atoms with E-state index in [9.17, 15) is 5.11 Å². The third-order valence-corrected chi connectivity index (χ3v) is 2.66. The van der Waals surface area contributed by atoms with Crippen LogP contribution in [0.1, 0.15) is 0 Å². The third-order valence-electron chi connectivity index (χ3n) is 1.65. The van der Waals surface area contributed by atoms with Gasteiger partial charge in [-0.05, 0) is 19.6 Å². The highest BCUT2D eigenvalue weighted by Gasteiger charge is 2.30. The fourth-order valence-corrected chi connectivity index (χ4v) is 2.15. The van der Waals surface area contributed by atoms with E-state index in [1.165, 1.54) is 0 Å². The molecule has 0 aromatic rings. The summed E-state index contributed by atoms with van der Waals surface area (Å²) in [4.78, 5) is 0. The molecule has 0 aromatic carbocycles. The van der Waals surface area contributed by atoms with E-state index in [1.807, 2.05) is 19.6 Å². The predicted octanol–water partition coefficient (Wildman–Crippen LogP) is -1.09. The minimum atomic E-state index is -1.88. The zero-order valence-electron chi connectivity index (χ0n) is 8.84. The molecular formula is C8H20O5Si. The minimum absolute atomic E-state index is 0.373. The Bertz CT molecular complexity index is 158. The number of hydrogen-bond donors (Lipinski definition) is 4. The second kappa shape index (κ2) is 5.79. The smallest absolute Gasteiger partial charge is 0.184 e. The van der Waals surface area contributed by atoms with E-state index >= 15 is 0 Å². The molecule has 0 saturated carbocycles. The van der Waals surface area contributed by atoms with Crippen LogP contribution in [0.4, 0.5) is 0 Å². The van der Waals surface area contributed by atoms with Crippen LogP contribution in [-0.4, -0.2) is 60.3 Å². The summed E-state index contributed by atoms with van der Waals surface area (Å²) >= 11 is 0. The van der Waals surface area contributed by atoms with Crippen LogP contribution >= 0.6 is 0 Å². The first-order valence-corrected chi connectivity index (χ1v) is 7.98. The van der Waals surface area contributed by atoms with Crippen LogP contribution in [0, 0.1) is 0 Å². The first kappa shape index (κ1) is 14.0. The topological polar surface area (TPSA) is 90.2 Å². The van der Waals surface area contributed by atoms with Gasteiger partial charge in [-0.25, -0.2) is 0 Å². The largest absolute Gasteiger partial charge is 0.410 e. The monoisotopic (exact) mass is 224 g/mol. The SMILES string of the molecule is C[Si](C)(C)O[C@@H](CO)[C@H](O)[C@H](O)CO. The highest BCUT2D eigenvalue weighted by atomic mass is 28.4. The molecule has 0 rings (SSSR count). The third kappa shape index (κ3) is 5.04. The summed E-state index contributed by atoms with van der Waals surface area (Å²) in [6, 6.07) is 0. The molecule has 3 atom stereocenters. The molecule has 0 unspecified atom stereocenters. The lowest BCUT2D eigenvalue weighted by molar-refractivity contribution is -0.0835. The standard InChI is InChI=1S/C8H20O5Si/c1-14(2,3)13-7(5-10)8(12)6(11)4-9/h6-12H,4-5H2,1-3H3/t6-,7+,8-/m1/s1. The lowest BCUT2D eigenvalue weighted by atomic mass is 10.1. The van der Waals surface area contributed by atoms with Crippen LogP contribution in [0.2, 0.25) is 19.6 Å². The van der Waals surface area contributed by atoms with Gasteiger partial charge in [0.25, 0.3) is 0 Å². The maximum Gasteiger partial charge on any atom is 0.184 e. The molecule has 0 spiro atoms. The number of rotatable bonds is 6. The first-order valence-electron chi connectivity index (χ1n) is 4.57. The lowest BCUT2D eigenvalue weighted by Crippen LogP contribution is -2.47. The van der Waals surface area contributed by atoms with Crippen LogP contribution < -0.4 is 0 Å². The Balaban J connectivity index is 4.26. The maximum atomic E-state index is 9.47. The molecule has 0 aliphatic heterocycles. The van der Waals surface area contributed by atoms with Crippen molar-refractivity contribution in [3.63, 3.8) is 0 Å². The van der Waals surface area contributed by atoms with E-state index in [-0.39, 0.29) is 6.61 Å². The summed E-state index contributed by atoms with van der Waals surface area (Å²) in [5, 5.41) is 36.2. The zero-order chi connectivity index (χ0) is 11.4. The van der Waals surface area contributed by atoms with Crippen LogP contribution in [0.5, 0.6) is 0 Å². The molecule has 0 radical (unpaired) electrons. The van der Waals surface area contributed by atoms with Gasteiger partial charge >= 0.3 is 0 Å². The second-order valence-corrected chi connectivity index (χ2v) is 8.65. The van der Waals surface area contributed by atoms with Gasteiger partial charge in [-0.2, -0.15) is 0 Å². The summed E-state index contributed by atoms with van der Waals surface area (Å²) in [6.07, 6.45) is -3.36. The fourth-order valence-electron chi connectivity index (χ4n) is 1.02. The average Bonchev–Trinajstić information content (AvgIpc) is 2.10. The van der Waals surface area contributed by atoms with E-state index in [2.05, 4.69) is 0 Å². The van der Waals surface area contributed by atoms with Crippen molar-refractivity contribution < 1.29 is 24.9 Å². The molecule has 0 aliphatic carbocycles. The summed E-state index contributed by atoms with van der Waals surface area (Å²) < 4.78 is 5.44. The molecule has 4 N–H and O–H groups in total. The van der Waals surface area contributed by atoms with Gasteiger partial charge in [0, 0.05) is 0 Å². The van der Waals surface area contributed by atoms with Crippen LogP contribution in [0.25, 0.3) is 0 Å². The highest BCUT2D eigenvalue weighted by Crippen LogP contribution is 2.12. The summed E-state index contributed by atoms with van der Waals surface area (Å²) in [6.45, 7) is 4.81. The van der Waals surface area contributed by atoms with Crippen LogP contribution in [-0.2, 0) is 4.43 Å². The molecule has 0 bridgehead atoms. The average molecular weight is 224 g/mol. The highest BCUT2D eigenvalue weighted by molar-refractivity contribution is 6.69. The van der Waals surface area contributed by atoms with Gasteiger partial charge in [0.15, 0.2) is 8.32 Å². The van der Waals surface area contributed by atoms with Crippen molar-refractivity contribution in [3.8, 4) is 0 Å². The maximum absolute atomic E-state index is 9.47. The van der Waals surface area contributed by atoms with Gasteiger partial charge in [-0.1, -0.05) is 0 Å². The van der Waals surface area contributed by atoms with Crippen molar-refractivity contribution in [3.05, 3.63) is 0 Å². The predicted molar refractivity (Wildman–Crippen MR) is 54.4 cm³/mol. The molecule has 0 fully saturated rings. The summed E-state index contributed by atoms with van der Waals surface area (Å²) in [7, 11) is -1.88. The van der Waals surface area contributed by atoms with Crippen molar-refractivity contribution in [2.45, 2.75) is 38.0 Å². The Labute approximate surface area is 85.1 Å². The second-order valence-electron chi connectivity index (χ2n) is 4.19. The van der Waals surface area contributed by atoms with Crippen molar-refractivity contribution in [2.24, 2.45) is 0 Å². The van der Waals surface area contributed by atoms with Crippen molar-refractivity contribution in [1.82, 2.24) is 0 Å². The van der Waals surface area contributed by atoms with Gasteiger partial charge in [0.05, 0.1) is 19.3 Å². The van der Waals surface area contributed by atoms with Gasteiger partial charge in [-0.3, -0.25) is 0 Å². The molecule has 14 heavy (non-hydrogen) atoms. The van der Waals surface area contributed by atoms with Crippen molar-refractivity contribution in [1.29, 1.82) is 0 Å². The molecular weight excluding hydrogens is 204 g/mol. The lowest BCUT2D eigenvalue weighted by Gasteiger charge is -2.30. The van der Waals surface area contributed by atoms with E-state index in [4.69, 9.17) is 19.7 Å². The van der Waals surface area contributed by atoms with E-state index < -0.39 is 33.2 Å². The van der Waals surface area contributed by atoms with Gasteiger partial charge in [0.2, 0.25) is 0 Å². The molecule has 0 heterocycles. The number of hydrogen-bond acceptors (Lipinski definition) is 5. The van der Waals surface area contributed by atoms with E-state index in [0.29, 0.717) is 0 Å². The first-order chi connectivity index (χ1) is 6.31. The quantitative estimate of drug-likeness (QED) is 0.431. The number of aliphatic hydroxyl groups is 4. The Morgan fingerprint density at radius 2 is 1.57 bits per heavy atom. The van der Waals surface area contributed by atoms with Gasteiger partial charge in [0.1, 0.15) is 12.2 Å². The molecule has 0 amide bonds. The van der Waals surface area contributed by atoms with Crippen LogP contribution in [0.15, 0.2) is 0 Å². The molecule has 6 heteroatoms. The molecule has 0 saturated heterocycles. The number of aliphatic hydroxyl groups excluding tert-OH is 4. The summed E-state index contributed by atoms with van der Waals surface area (Å²) in [5.74, 6) is 0.